The van der Waals surface area contributed by atoms with Crippen molar-refractivity contribution < 1.29 is 23.8 Å². The van der Waals surface area contributed by atoms with E-state index in [9.17, 15) is 9.59 Å². The van der Waals surface area contributed by atoms with Gasteiger partial charge in [0.2, 0.25) is 0 Å². The van der Waals surface area contributed by atoms with Crippen LogP contribution in [0.2, 0.25) is 0 Å². The lowest BCUT2D eigenvalue weighted by atomic mass is 9.86. The Morgan fingerprint density at radius 1 is 1.29 bits per heavy atom. The van der Waals surface area contributed by atoms with E-state index in [0.717, 1.165) is 19.3 Å². The third kappa shape index (κ3) is 6.62. The standard InChI is InChI=1S/C21H26N2O5/c1-15-5-3-4-6-17(15)23-20(24)14-28-21(25)10-8-16-7-9-18(27-12-11-22)19(13-16)26-2/h7-10,13,15,17H,3-6,12,14H2,1-2H3,(H,23,24). The summed E-state index contributed by atoms with van der Waals surface area (Å²) in [4.78, 5) is 23.8. The van der Waals surface area contributed by atoms with Crippen LogP contribution in [0.5, 0.6) is 11.5 Å². The van der Waals surface area contributed by atoms with Crippen molar-refractivity contribution in [1.82, 2.24) is 5.32 Å². The van der Waals surface area contributed by atoms with Gasteiger partial charge in [0, 0.05) is 12.1 Å². The van der Waals surface area contributed by atoms with Gasteiger partial charge in [-0.2, -0.15) is 5.26 Å². The van der Waals surface area contributed by atoms with Gasteiger partial charge in [-0.3, -0.25) is 4.79 Å². The van der Waals surface area contributed by atoms with Crippen molar-refractivity contribution in [2.24, 2.45) is 5.92 Å². The number of hydrogen-bond acceptors (Lipinski definition) is 6. The summed E-state index contributed by atoms with van der Waals surface area (Å²) in [7, 11) is 1.49. The molecule has 1 aliphatic rings. The molecule has 2 rings (SSSR count). The van der Waals surface area contributed by atoms with Crippen LogP contribution in [-0.2, 0) is 14.3 Å². The van der Waals surface area contributed by atoms with Crippen molar-refractivity contribution in [2.75, 3.05) is 20.3 Å². The normalized spacial score (nSPS) is 18.9. The lowest BCUT2D eigenvalue weighted by Gasteiger charge is -2.29. The molecule has 0 saturated heterocycles. The number of benzene rings is 1. The van der Waals surface area contributed by atoms with Gasteiger partial charge in [-0.05, 0) is 42.5 Å². The van der Waals surface area contributed by atoms with Crippen molar-refractivity contribution >= 4 is 18.0 Å². The third-order valence-corrected chi connectivity index (χ3v) is 4.70. The molecule has 7 nitrogen and oxygen atoms in total. The van der Waals surface area contributed by atoms with Gasteiger partial charge in [0.15, 0.2) is 24.7 Å². The summed E-state index contributed by atoms with van der Waals surface area (Å²) in [5.74, 6) is 0.462. The fourth-order valence-corrected chi connectivity index (χ4v) is 3.15. The Bertz CT molecular complexity index is 754. The van der Waals surface area contributed by atoms with E-state index in [2.05, 4.69) is 12.2 Å². The second kappa shape index (κ2) is 11.0. The van der Waals surface area contributed by atoms with E-state index in [0.29, 0.717) is 23.0 Å². The quantitative estimate of drug-likeness (QED) is 0.545. The molecule has 1 aromatic rings. The fraction of sp³-hybridized carbons (Fsp3) is 0.476. The third-order valence-electron chi connectivity index (χ3n) is 4.70. The maximum Gasteiger partial charge on any atom is 0.331 e. The van der Waals surface area contributed by atoms with Crippen LogP contribution < -0.4 is 14.8 Å². The first-order valence-corrected chi connectivity index (χ1v) is 9.35. The predicted molar refractivity (Wildman–Crippen MR) is 104 cm³/mol. The first kappa shape index (κ1) is 21.3. The number of ether oxygens (including phenoxy) is 3. The van der Waals surface area contributed by atoms with Crippen molar-refractivity contribution in [3.05, 3.63) is 29.8 Å². The van der Waals surface area contributed by atoms with Gasteiger partial charge in [0.1, 0.15) is 6.07 Å². The van der Waals surface area contributed by atoms with Crippen molar-refractivity contribution in [3.63, 3.8) is 0 Å². The fourth-order valence-electron chi connectivity index (χ4n) is 3.15. The number of esters is 1. The molecule has 0 aliphatic heterocycles. The number of carbonyl (C=O) groups is 2. The lowest BCUT2D eigenvalue weighted by molar-refractivity contribution is -0.144. The van der Waals surface area contributed by atoms with E-state index in [4.69, 9.17) is 19.5 Å². The molecule has 0 bridgehead atoms. The average Bonchev–Trinajstić information content (AvgIpc) is 2.71. The van der Waals surface area contributed by atoms with E-state index in [-0.39, 0.29) is 25.2 Å². The molecule has 7 heteroatoms. The van der Waals surface area contributed by atoms with Gasteiger partial charge in [0.05, 0.1) is 7.11 Å². The number of hydrogen-bond donors (Lipinski definition) is 1. The van der Waals surface area contributed by atoms with Gasteiger partial charge in [-0.15, -0.1) is 0 Å². The van der Waals surface area contributed by atoms with Crippen molar-refractivity contribution in [3.8, 4) is 17.6 Å². The van der Waals surface area contributed by atoms with E-state index in [1.807, 2.05) is 6.07 Å². The number of amides is 1. The average molecular weight is 386 g/mol. The Labute approximate surface area is 165 Å². The summed E-state index contributed by atoms with van der Waals surface area (Å²) < 4.78 is 15.5. The number of nitrogens with one attached hydrogen (secondary N) is 1. The highest BCUT2D eigenvalue weighted by Crippen LogP contribution is 2.28. The van der Waals surface area contributed by atoms with Crippen LogP contribution in [0.15, 0.2) is 24.3 Å². The number of methoxy groups -OCH3 is 1. The van der Waals surface area contributed by atoms with E-state index < -0.39 is 5.97 Å². The Balaban J connectivity index is 1.82. The molecule has 1 aromatic carbocycles. The lowest BCUT2D eigenvalue weighted by Crippen LogP contribution is -2.42. The second-order valence-corrected chi connectivity index (χ2v) is 6.73. The molecule has 0 spiro atoms. The van der Waals surface area contributed by atoms with E-state index in [1.165, 1.54) is 19.6 Å². The summed E-state index contributed by atoms with van der Waals surface area (Å²) in [5.41, 5.74) is 0.693. The first-order valence-electron chi connectivity index (χ1n) is 9.35. The van der Waals surface area contributed by atoms with Gasteiger partial charge < -0.3 is 19.5 Å². The molecule has 2 atom stereocenters. The van der Waals surface area contributed by atoms with Crippen LogP contribution in [0.3, 0.4) is 0 Å². The highest BCUT2D eigenvalue weighted by atomic mass is 16.5. The largest absolute Gasteiger partial charge is 0.493 e. The SMILES string of the molecule is COc1cc(C=CC(=O)OCC(=O)NC2CCCCC2C)ccc1OCC#N. The van der Waals surface area contributed by atoms with Gasteiger partial charge >= 0.3 is 5.97 Å². The molecule has 1 saturated carbocycles. The van der Waals surface area contributed by atoms with Crippen molar-refractivity contribution in [2.45, 2.75) is 38.6 Å². The molecular formula is C21H26N2O5. The zero-order chi connectivity index (χ0) is 20.4. The summed E-state index contributed by atoms with van der Waals surface area (Å²) in [6.45, 7) is 1.75. The van der Waals surface area contributed by atoms with Crippen LogP contribution in [-0.4, -0.2) is 38.2 Å². The molecule has 1 N–H and O–H groups in total. The monoisotopic (exact) mass is 386 g/mol. The maximum absolute atomic E-state index is 12.0. The smallest absolute Gasteiger partial charge is 0.331 e. The van der Waals surface area contributed by atoms with Crippen LogP contribution in [0.25, 0.3) is 6.08 Å². The van der Waals surface area contributed by atoms with E-state index >= 15 is 0 Å². The van der Waals surface area contributed by atoms with Gasteiger partial charge in [0.25, 0.3) is 5.91 Å². The minimum absolute atomic E-state index is 0.0838. The highest BCUT2D eigenvalue weighted by Gasteiger charge is 2.22. The molecule has 1 fully saturated rings. The van der Waals surface area contributed by atoms with Crippen LogP contribution in [0.1, 0.15) is 38.2 Å². The zero-order valence-corrected chi connectivity index (χ0v) is 16.3. The van der Waals surface area contributed by atoms with E-state index in [1.54, 1.807) is 24.3 Å². The molecule has 0 aromatic heterocycles. The Morgan fingerprint density at radius 2 is 2.07 bits per heavy atom. The molecule has 0 heterocycles. The number of carbonyl (C=O) groups excluding carboxylic acids is 2. The molecule has 1 aliphatic carbocycles. The molecule has 2 unspecified atom stereocenters. The van der Waals surface area contributed by atoms with Crippen molar-refractivity contribution in [1.29, 1.82) is 5.26 Å². The second-order valence-electron chi connectivity index (χ2n) is 6.73. The Hall–Kier alpha value is -3.01. The summed E-state index contributed by atoms with van der Waals surface area (Å²) in [6, 6.07) is 7.09. The minimum Gasteiger partial charge on any atom is -0.493 e. The van der Waals surface area contributed by atoms with Gasteiger partial charge in [-0.25, -0.2) is 4.79 Å². The van der Waals surface area contributed by atoms with Crippen LogP contribution >= 0.6 is 0 Å². The molecular weight excluding hydrogens is 360 g/mol. The minimum atomic E-state index is -0.601. The van der Waals surface area contributed by atoms with Gasteiger partial charge in [-0.1, -0.05) is 25.8 Å². The predicted octanol–water partition coefficient (Wildman–Crippen LogP) is 2.85. The maximum atomic E-state index is 12.0. The summed E-state index contributed by atoms with van der Waals surface area (Å²) in [6.07, 6.45) is 7.19. The molecule has 1 amide bonds. The molecule has 0 radical (unpaired) electrons. The summed E-state index contributed by atoms with van der Waals surface area (Å²) in [5, 5.41) is 11.5. The Morgan fingerprint density at radius 3 is 2.79 bits per heavy atom. The number of rotatable bonds is 8. The van der Waals surface area contributed by atoms with Crippen LogP contribution in [0, 0.1) is 17.2 Å². The topological polar surface area (TPSA) is 97.7 Å². The molecule has 28 heavy (non-hydrogen) atoms. The zero-order valence-electron chi connectivity index (χ0n) is 16.3. The first-order chi connectivity index (χ1) is 13.5. The highest BCUT2D eigenvalue weighted by molar-refractivity contribution is 5.89. The summed E-state index contributed by atoms with van der Waals surface area (Å²) >= 11 is 0. The van der Waals surface area contributed by atoms with Crippen LogP contribution in [0.4, 0.5) is 0 Å². The number of nitriles is 1. The molecule has 150 valence electrons. The number of nitrogens with zero attached hydrogens (tertiary/aromatic N) is 1. The Kier molecular flexibility index (Phi) is 8.35.